The number of hydrogen-bond donors (Lipinski definition) is 0. The molecule has 1 saturated heterocycles. The third kappa shape index (κ3) is 5.43. The summed E-state index contributed by atoms with van der Waals surface area (Å²) in [5.41, 5.74) is -3.74. The minimum absolute atomic E-state index is 0.0381. The number of ether oxygens (including phenoxy) is 2. The summed E-state index contributed by atoms with van der Waals surface area (Å²) in [5.74, 6) is -0.0236. The van der Waals surface area contributed by atoms with E-state index in [4.69, 9.17) is 27.0 Å². The van der Waals surface area contributed by atoms with E-state index in [-0.39, 0.29) is 46.0 Å². The van der Waals surface area contributed by atoms with Gasteiger partial charge in [-0.05, 0) is 88.5 Å². The predicted octanol–water partition coefficient (Wildman–Crippen LogP) is 7.19. The molecule has 3 fully saturated rings. The molecular formula is C33H37F3N4O4S. The van der Waals surface area contributed by atoms with E-state index in [2.05, 4.69) is 32.7 Å². The van der Waals surface area contributed by atoms with Crippen LogP contribution in [0.15, 0.2) is 36.5 Å². The highest BCUT2D eigenvalue weighted by atomic mass is 32.1. The largest absolute Gasteiger partial charge is 0.489 e. The fraction of sp³-hybridized carbons (Fsp3) is 0.545. The van der Waals surface area contributed by atoms with Crippen LogP contribution in [0, 0.1) is 28.1 Å². The van der Waals surface area contributed by atoms with E-state index in [9.17, 15) is 22.8 Å². The van der Waals surface area contributed by atoms with E-state index >= 15 is 0 Å². The zero-order chi connectivity index (χ0) is 33.3. The third-order valence-electron chi connectivity index (χ3n) is 9.42. The van der Waals surface area contributed by atoms with Crippen molar-refractivity contribution in [1.29, 1.82) is 5.26 Å². The number of hydrogen-bond acceptors (Lipinski definition) is 7. The monoisotopic (exact) mass is 642 g/mol. The van der Waals surface area contributed by atoms with Crippen molar-refractivity contribution in [2.24, 2.45) is 16.7 Å². The predicted molar refractivity (Wildman–Crippen MR) is 165 cm³/mol. The molecule has 2 heterocycles. The molecule has 45 heavy (non-hydrogen) atoms. The summed E-state index contributed by atoms with van der Waals surface area (Å²) in [6.45, 7) is 13.9. The number of halogens is 3. The van der Waals surface area contributed by atoms with E-state index in [0.717, 1.165) is 23.6 Å². The molecule has 2 aliphatic carbocycles. The first-order valence-corrected chi connectivity index (χ1v) is 15.3. The van der Waals surface area contributed by atoms with Gasteiger partial charge in [-0.1, -0.05) is 27.7 Å². The standard InChI is InChI=1S/C33H37F3N4O4S/c1-29(2,3)44-25(41)16-24-30(4,5)26(31(24,6)7)43-21-11-9-19(10-12-21)40-28(45)39(27(42)32(40)13-8-14-32)20-15-22(33(34,35)36)23(17-37)38-18-20/h9-12,15,18,24,26H,8,13-14,16H2,1-7H3. The smallest absolute Gasteiger partial charge is 0.419 e. The minimum atomic E-state index is -4.83. The molecule has 1 aliphatic heterocycles. The maximum absolute atomic E-state index is 13.8. The average molecular weight is 643 g/mol. The molecule has 5 rings (SSSR count). The highest BCUT2D eigenvalue weighted by Gasteiger charge is 2.64. The first-order chi connectivity index (χ1) is 20.7. The number of nitriles is 1. The second-order valence-corrected chi connectivity index (χ2v) is 14.7. The van der Waals surface area contributed by atoms with Gasteiger partial charge in [0.05, 0.1) is 17.4 Å². The maximum Gasteiger partial charge on any atom is 0.419 e. The van der Waals surface area contributed by atoms with Crippen LogP contribution in [0.25, 0.3) is 0 Å². The molecule has 1 aromatic heterocycles. The lowest BCUT2D eigenvalue weighted by atomic mass is 9.45. The summed E-state index contributed by atoms with van der Waals surface area (Å²) in [6.07, 6.45) is -1.94. The van der Waals surface area contributed by atoms with Gasteiger partial charge in [0.25, 0.3) is 5.91 Å². The number of pyridine rings is 1. The number of amides is 1. The quantitative estimate of drug-likeness (QED) is 0.241. The molecule has 1 aromatic carbocycles. The number of rotatable bonds is 6. The first kappa shape index (κ1) is 32.7. The molecule has 3 aliphatic rings. The Kier molecular flexibility index (Phi) is 7.75. The molecule has 240 valence electrons. The minimum Gasteiger partial charge on any atom is -0.489 e. The van der Waals surface area contributed by atoms with Gasteiger partial charge in [0.2, 0.25) is 0 Å². The van der Waals surface area contributed by atoms with Crippen molar-refractivity contribution < 1.29 is 32.2 Å². The summed E-state index contributed by atoms with van der Waals surface area (Å²) >= 11 is 5.71. The number of carbonyl (C=O) groups is 2. The van der Waals surface area contributed by atoms with E-state index in [1.807, 2.05) is 20.8 Å². The van der Waals surface area contributed by atoms with Crippen molar-refractivity contribution in [2.45, 2.75) is 97.6 Å². The maximum atomic E-state index is 13.8. The van der Waals surface area contributed by atoms with Crippen LogP contribution in [0.4, 0.5) is 24.5 Å². The van der Waals surface area contributed by atoms with Crippen molar-refractivity contribution in [3.63, 3.8) is 0 Å². The Bertz CT molecular complexity index is 1570. The number of aromatic nitrogens is 1. The lowest BCUT2D eigenvalue weighted by Crippen LogP contribution is -2.66. The summed E-state index contributed by atoms with van der Waals surface area (Å²) in [6, 6.07) is 9.36. The Morgan fingerprint density at radius 3 is 2.18 bits per heavy atom. The Hall–Kier alpha value is -3.72. The first-order valence-electron chi connectivity index (χ1n) is 14.9. The van der Waals surface area contributed by atoms with E-state index in [1.165, 1.54) is 6.07 Å². The Balaban J connectivity index is 1.37. The molecule has 1 amide bonds. The SMILES string of the molecule is CC(C)(C)OC(=O)CC1C(C)(C)C(Oc2ccc(N3C(=S)N(c4cnc(C#N)c(C(F)(F)F)c4)C(=O)C34CCC4)cc2)C1(C)C. The van der Waals surface area contributed by atoms with Gasteiger partial charge in [-0.2, -0.15) is 18.4 Å². The molecular weight excluding hydrogens is 605 g/mol. The van der Waals surface area contributed by atoms with Crippen LogP contribution < -0.4 is 14.5 Å². The normalized spacial score (nSPS) is 23.3. The number of alkyl halides is 3. The van der Waals surface area contributed by atoms with Gasteiger partial charge in [-0.3, -0.25) is 14.5 Å². The summed E-state index contributed by atoms with van der Waals surface area (Å²) in [5, 5.41) is 9.19. The van der Waals surface area contributed by atoms with Gasteiger partial charge in [-0.25, -0.2) is 4.98 Å². The Morgan fingerprint density at radius 1 is 1.09 bits per heavy atom. The highest BCUT2D eigenvalue weighted by Crippen LogP contribution is 2.61. The Labute approximate surface area is 266 Å². The second-order valence-electron chi connectivity index (χ2n) is 14.3. The number of benzene rings is 1. The molecule has 0 bridgehead atoms. The van der Waals surface area contributed by atoms with Gasteiger partial charge in [0.1, 0.15) is 29.1 Å². The Morgan fingerprint density at radius 2 is 1.69 bits per heavy atom. The van der Waals surface area contributed by atoms with Crippen molar-refractivity contribution in [3.05, 3.63) is 47.8 Å². The summed E-state index contributed by atoms with van der Waals surface area (Å²) in [7, 11) is 0. The van der Waals surface area contributed by atoms with Crippen LogP contribution in [-0.2, 0) is 20.5 Å². The van der Waals surface area contributed by atoms with Crippen LogP contribution in [0.3, 0.4) is 0 Å². The lowest BCUT2D eigenvalue weighted by molar-refractivity contribution is -0.208. The molecule has 8 nitrogen and oxygen atoms in total. The third-order valence-corrected chi connectivity index (χ3v) is 9.79. The van der Waals surface area contributed by atoms with Crippen molar-refractivity contribution in [1.82, 2.24) is 4.98 Å². The fourth-order valence-electron chi connectivity index (χ4n) is 7.47. The number of thiocarbonyl (C=S) groups is 1. The van der Waals surface area contributed by atoms with Crippen LogP contribution in [-0.4, -0.2) is 39.2 Å². The second kappa shape index (κ2) is 10.7. The summed E-state index contributed by atoms with van der Waals surface area (Å²) in [4.78, 5) is 32.9. The van der Waals surface area contributed by atoms with Crippen molar-refractivity contribution in [3.8, 4) is 11.8 Å². The number of nitrogens with zero attached hydrogens (tertiary/aromatic N) is 4. The molecule has 2 aromatic rings. The molecule has 0 atom stereocenters. The number of esters is 1. The van der Waals surface area contributed by atoms with Crippen LogP contribution >= 0.6 is 12.2 Å². The molecule has 0 radical (unpaired) electrons. The van der Waals surface area contributed by atoms with Crippen LogP contribution in [0.5, 0.6) is 5.75 Å². The number of anilines is 2. The molecule has 0 N–H and O–H groups in total. The van der Waals surface area contributed by atoms with E-state index in [0.29, 0.717) is 24.3 Å². The van der Waals surface area contributed by atoms with Gasteiger partial charge >= 0.3 is 12.1 Å². The molecule has 2 saturated carbocycles. The van der Waals surface area contributed by atoms with E-state index in [1.54, 1.807) is 29.2 Å². The zero-order valence-corrected chi connectivity index (χ0v) is 27.2. The topological polar surface area (TPSA) is 95.8 Å². The van der Waals surface area contributed by atoms with Gasteiger partial charge in [-0.15, -0.1) is 0 Å². The fourth-order valence-corrected chi connectivity index (χ4v) is 7.93. The summed E-state index contributed by atoms with van der Waals surface area (Å²) < 4.78 is 53.1. The average Bonchev–Trinajstić information content (AvgIpc) is 3.15. The van der Waals surface area contributed by atoms with Crippen LogP contribution in [0.2, 0.25) is 0 Å². The van der Waals surface area contributed by atoms with Crippen LogP contribution in [0.1, 0.15) is 85.4 Å². The zero-order valence-electron chi connectivity index (χ0n) is 26.4. The van der Waals surface area contributed by atoms with Crippen molar-refractivity contribution in [2.75, 3.05) is 9.80 Å². The van der Waals surface area contributed by atoms with E-state index < -0.39 is 34.5 Å². The molecule has 0 unspecified atom stereocenters. The van der Waals surface area contributed by atoms with Gasteiger partial charge in [0, 0.05) is 22.9 Å². The van der Waals surface area contributed by atoms with Crippen molar-refractivity contribution >= 4 is 40.6 Å². The molecule has 1 spiro atoms. The highest BCUT2D eigenvalue weighted by molar-refractivity contribution is 7.81. The number of carbonyl (C=O) groups excluding carboxylic acids is 2. The lowest BCUT2D eigenvalue weighted by Gasteiger charge is -2.63. The van der Waals surface area contributed by atoms with Gasteiger partial charge < -0.3 is 14.4 Å². The molecule has 12 heteroatoms. The van der Waals surface area contributed by atoms with Gasteiger partial charge in [0.15, 0.2) is 10.8 Å².